The van der Waals surface area contributed by atoms with Crippen molar-refractivity contribution in [1.29, 1.82) is 0 Å². The Hall–Kier alpha value is -2.64. The average Bonchev–Trinajstić information content (AvgIpc) is 2.62. The summed E-state index contributed by atoms with van der Waals surface area (Å²) in [4.78, 5) is 24.8. The number of nitro benzene ring substituents is 1. The number of hydrogen-bond donors (Lipinski definition) is 2. The van der Waals surface area contributed by atoms with Gasteiger partial charge < -0.3 is 15.5 Å². The molecule has 0 saturated carbocycles. The van der Waals surface area contributed by atoms with Crippen LogP contribution in [0.15, 0.2) is 42.5 Å². The Morgan fingerprint density at radius 2 is 1.84 bits per heavy atom. The molecule has 0 bridgehead atoms. The summed E-state index contributed by atoms with van der Waals surface area (Å²) in [6.45, 7) is 3.81. The summed E-state index contributed by atoms with van der Waals surface area (Å²) in [5.41, 5.74) is 1.78. The first-order valence-corrected chi connectivity index (χ1v) is 8.23. The first kappa shape index (κ1) is 17.2. The monoisotopic (exact) mass is 360 g/mol. The lowest BCUT2D eigenvalue weighted by Gasteiger charge is -2.29. The maximum absolute atomic E-state index is 12.3. The third-order valence-electron chi connectivity index (χ3n) is 4.02. The zero-order chi connectivity index (χ0) is 17.8. The number of carbonyl (C=O) groups excluding carboxylic acids is 1. The molecule has 25 heavy (non-hydrogen) atoms. The van der Waals surface area contributed by atoms with Gasteiger partial charge in [0.05, 0.1) is 15.5 Å². The number of nitrogens with zero attached hydrogens (tertiary/aromatic N) is 2. The molecule has 1 aliphatic heterocycles. The minimum Gasteiger partial charge on any atom is -0.369 e. The minimum absolute atomic E-state index is 0.0455. The Kier molecular flexibility index (Phi) is 5.16. The number of nitrogens with one attached hydrogen (secondary N) is 2. The first-order chi connectivity index (χ1) is 12.0. The summed E-state index contributed by atoms with van der Waals surface area (Å²) < 4.78 is 0. The molecule has 0 unspecified atom stereocenters. The molecule has 1 saturated heterocycles. The van der Waals surface area contributed by atoms with E-state index in [0.29, 0.717) is 5.69 Å². The Labute approximate surface area is 149 Å². The smallest absolute Gasteiger partial charge is 0.270 e. The molecule has 7 nitrogen and oxygen atoms in total. The number of carbonyl (C=O) groups is 1. The molecule has 2 N–H and O–H groups in total. The van der Waals surface area contributed by atoms with Gasteiger partial charge in [-0.2, -0.15) is 0 Å². The van der Waals surface area contributed by atoms with Crippen molar-refractivity contribution in [1.82, 2.24) is 5.32 Å². The fourth-order valence-corrected chi connectivity index (χ4v) is 2.94. The lowest BCUT2D eigenvalue weighted by atomic mass is 10.2. The van der Waals surface area contributed by atoms with Crippen molar-refractivity contribution in [2.75, 3.05) is 36.4 Å². The lowest BCUT2D eigenvalue weighted by Crippen LogP contribution is -2.43. The van der Waals surface area contributed by atoms with Crippen molar-refractivity contribution in [3.63, 3.8) is 0 Å². The molecule has 1 heterocycles. The summed E-state index contributed by atoms with van der Waals surface area (Å²) in [7, 11) is 0. The second-order valence-corrected chi connectivity index (χ2v) is 6.07. The van der Waals surface area contributed by atoms with Gasteiger partial charge >= 0.3 is 0 Å². The Bertz CT molecular complexity index is 789. The predicted molar refractivity (Wildman–Crippen MR) is 97.6 cm³/mol. The molecule has 2 aromatic carbocycles. The molecule has 0 radical (unpaired) electrons. The van der Waals surface area contributed by atoms with Crippen LogP contribution in [0.2, 0.25) is 5.02 Å². The van der Waals surface area contributed by atoms with Crippen LogP contribution in [-0.2, 0) is 0 Å². The summed E-state index contributed by atoms with van der Waals surface area (Å²) >= 11 is 5.98. The van der Waals surface area contributed by atoms with Gasteiger partial charge in [0.15, 0.2) is 0 Å². The average molecular weight is 361 g/mol. The molecular formula is C17H17ClN4O3. The highest BCUT2D eigenvalue weighted by Crippen LogP contribution is 2.24. The predicted octanol–water partition coefficient (Wildman–Crippen LogP) is 2.91. The van der Waals surface area contributed by atoms with E-state index in [1.54, 1.807) is 0 Å². The quantitative estimate of drug-likeness (QED) is 0.646. The molecule has 0 aromatic heterocycles. The molecule has 3 rings (SSSR count). The SMILES string of the molecule is O=C(Nc1ccc(N2CCNCC2)cc1)c1ccc([N+](=O)[O-])cc1Cl. The molecule has 130 valence electrons. The number of hydrogen-bond acceptors (Lipinski definition) is 5. The van der Waals surface area contributed by atoms with Crippen molar-refractivity contribution >= 4 is 34.6 Å². The molecule has 8 heteroatoms. The van der Waals surface area contributed by atoms with Crippen LogP contribution in [0.3, 0.4) is 0 Å². The second kappa shape index (κ2) is 7.50. The number of anilines is 2. The number of benzene rings is 2. The number of piperazine rings is 1. The van der Waals surface area contributed by atoms with Crippen molar-refractivity contribution < 1.29 is 9.72 Å². The van der Waals surface area contributed by atoms with Gasteiger partial charge in [-0.05, 0) is 30.3 Å². The number of non-ortho nitro benzene ring substituents is 1. The Morgan fingerprint density at radius 1 is 1.16 bits per heavy atom. The van der Waals surface area contributed by atoms with Crippen LogP contribution in [0.5, 0.6) is 0 Å². The summed E-state index contributed by atoms with van der Waals surface area (Å²) in [6, 6.07) is 11.4. The third kappa shape index (κ3) is 4.07. The Balaban J connectivity index is 1.69. The molecule has 0 aliphatic carbocycles. The van der Waals surface area contributed by atoms with Crippen LogP contribution < -0.4 is 15.5 Å². The standard InChI is InChI=1S/C17H17ClN4O3/c18-16-11-14(22(24)25)5-6-15(16)17(23)20-12-1-3-13(4-2-12)21-9-7-19-8-10-21/h1-6,11,19H,7-10H2,(H,20,23). The minimum atomic E-state index is -0.553. The van der Waals surface area contributed by atoms with Crippen LogP contribution in [-0.4, -0.2) is 37.0 Å². The highest BCUT2D eigenvalue weighted by Gasteiger charge is 2.15. The van der Waals surface area contributed by atoms with E-state index in [9.17, 15) is 14.9 Å². The van der Waals surface area contributed by atoms with E-state index < -0.39 is 10.8 Å². The van der Waals surface area contributed by atoms with E-state index in [0.717, 1.165) is 31.9 Å². The lowest BCUT2D eigenvalue weighted by molar-refractivity contribution is -0.384. The van der Waals surface area contributed by atoms with Crippen LogP contribution in [0.4, 0.5) is 17.1 Å². The fourth-order valence-electron chi connectivity index (χ4n) is 2.68. The zero-order valence-corrected chi connectivity index (χ0v) is 14.1. The van der Waals surface area contributed by atoms with Crippen molar-refractivity contribution in [2.24, 2.45) is 0 Å². The van der Waals surface area contributed by atoms with Gasteiger partial charge in [0, 0.05) is 49.7 Å². The van der Waals surface area contributed by atoms with Crippen LogP contribution in [0.1, 0.15) is 10.4 Å². The van der Waals surface area contributed by atoms with E-state index in [1.807, 2.05) is 24.3 Å². The summed E-state index contributed by atoms with van der Waals surface area (Å²) in [5, 5.41) is 16.8. The van der Waals surface area contributed by atoms with Gasteiger partial charge in [-0.25, -0.2) is 0 Å². The van der Waals surface area contributed by atoms with Crippen LogP contribution in [0.25, 0.3) is 0 Å². The van der Waals surface area contributed by atoms with E-state index in [-0.39, 0.29) is 16.3 Å². The third-order valence-corrected chi connectivity index (χ3v) is 4.33. The highest BCUT2D eigenvalue weighted by molar-refractivity contribution is 6.34. The van der Waals surface area contributed by atoms with Gasteiger partial charge in [0.1, 0.15) is 0 Å². The topological polar surface area (TPSA) is 87.5 Å². The van der Waals surface area contributed by atoms with Gasteiger partial charge in [-0.15, -0.1) is 0 Å². The number of nitro groups is 1. The molecule has 2 aromatic rings. The fraction of sp³-hybridized carbons (Fsp3) is 0.235. The maximum atomic E-state index is 12.3. The molecule has 0 atom stereocenters. The molecule has 1 aliphatic rings. The Morgan fingerprint density at radius 3 is 2.44 bits per heavy atom. The van der Waals surface area contributed by atoms with E-state index >= 15 is 0 Å². The first-order valence-electron chi connectivity index (χ1n) is 7.85. The maximum Gasteiger partial charge on any atom is 0.270 e. The van der Waals surface area contributed by atoms with Gasteiger partial charge in [-0.1, -0.05) is 11.6 Å². The largest absolute Gasteiger partial charge is 0.369 e. The highest BCUT2D eigenvalue weighted by atomic mass is 35.5. The molecule has 1 fully saturated rings. The van der Waals surface area contributed by atoms with Crippen molar-refractivity contribution in [3.8, 4) is 0 Å². The van der Waals surface area contributed by atoms with E-state index in [4.69, 9.17) is 11.6 Å². The van der Waals surface area contributed by atoms with E-state index in [1.165, 1.54) is 18.2 Å². The number of rotatable bonds is 4. The number of amides is 1. The summed E-state index contributed by atoms with van der Waals surface area (Å²) in [5.74, 6) is -0.408. The summed E-state index contributed by atoms with van der Waals surface area (Å²) in [6.07, 6.45) is 0. The van der Waals surface area contributed by atoms with E-state index in [2.05, 4.69) is 15.5 Å². The van der Waals surface area contributed by atoms with Gasteiger partial charge in [0.25, 0.3) is 11.6 Å². The van der Waals surface area contributed by atoms with Crippen molar-refractivity contribution in [3.05, 3.63) is 63.2 Å². The molecular weight excluding hydrogens is 344 g/mol. The van der Waals surface area contributed by atoms with Gasteiger partial charge in [0.2, 0.25) is 0 Å². The molecule has 1 amide bonds. The van der Waals surface area contributed by atoms with Gasteiger partial charge in [-0.3, -0.25) is 14.9 Å². The second-order valence-electron chi connectivity index (χ2n) is 5.66. The zero-order valence-electron chi connectivity index (χ0n) is 13.4. The molecule has 0 spiro atoms. The number of halogens is 1. The normalized spacial score (nSPS) is 14.2. The van der Waals surface area contributed by atoms with Crippen LogP contribution >= 0.6 is 11.6 Å². The van der Waals surface area contributed by atoms with Crippen molar-refractivity contribution in [2.45, 2.75) is 0 Å². The van der Waals surface area contributed by atoms with Crippen LogP contribution in [0, 0.1) is 10.1 Å².